The maximum Gasteiger partial charge on any atom is 0.114 e. The van der Waals surface area contributed by atoms with Crippen molar-refractivity contribution >= 4 is 45.3 Å². The Morgan fingerprint density at radius 1 is 1.00 bits per heavy atom. The number of nitrogens with one attached hydrogen (secondary N) is 1. The number of nitrogens with zero attached hydrogens (tertiary/aromatic N) is 4. The van der Waals surface area contributed by atoms with Crippen molar-refractivity contribution in [3.8, 4) is 6.07 Å². The van der Waals surface area contributed by atoms with Gasteiger partial charge in [0.1, 0.15) is 11.6 Å². The highest BCUT2D eigenvalue weighted by atomic mass is 35.5. The Labute approximate surface area is 188 Å². The van der Waals surface area contributed by atoms with Crippen LogP contribution in [0, 0.1) is 18.3 Å². The minimum atomic E-state index is 0.505. The third-order valence-corrected chi connectivity index (χ3v) is 5.92. The van der Waals surface area contributed by atoms with Crippen LogP contribution in [0.15, 0.2) is 54.6 Å². The maximum absolute atomic E-state index is 9.38. The number of hydrogen-bond acceptors (Lipinski definition) is 3. The molecule has 5 aromatic rings. The molecule has 2 aromatic heterocycles. The Kier molecular flexibility index (Phi) is 4.90. The van der Waals surface area contributed by atoms with E-state index >= 15 is 0 Å². The summed E-state index contributed by atoms with van der Waals surface area (Å²) < 4.78 is 2.11. The number of aryl methyl sites for hydroxylation is 1. The van der Waals surface area contributed by atoms with Gasteiger partial charge in [-0.05, 0) is 66.6 Å². The Bertz CT molecular complexity index is 1490. The van der Waals surface area contributed by atoms with Gasteiger partial charge in [0.2, 0.25) is 0 Å². The lowest BCUT2D eigenvalue weighted by atomic mass is 10.1. The van der Waals surface area contributed by atoms with Crippen LogP contribution < -0.4 is 0 Å². The van der Waals surface area contributed by atoms with Gasteiger partial charge in [0.25, 0.3) is 0 Å². The fourth-order valence-electron chi connectivity index (χ4n) is 3.87. The molecule has 1 N–H and O–H groups in total. The van der Waals surface area contributed by atoms with E-state index in [2.05, 4.69) is 32.7 Å². The molecule has 2 heterocycles. The molecule has 0 radical (unpaired) electrons. The summed E-state index contributed by atoms with van der Waals surface area (Å²) in [6, 6.07) is 19.4. The second-order valence-electron chi connectivity index (χ2n) is 7.52. The first-order valence-corrected chi connectivity index (χ1v) is 10.5. The normalized spacial score (nSPS) is 11.3. The molecule has 5 rings (SSSR count). The number of aromatic amines is 1. The van der Waals surface area contributed by atoms with E-state index in [4.69, 9.17) is 28.2 Å². The van der Waals surface area contributed by atoms with Crippen molar-refractivity contribution in [3.05, 3.63) is 93.0 Å². The average molecular weight is 446 g/mol. The minimum absolute atomic E-state index is 0.505. The molecule has 31 heavy (non-hydrogen) atoms. The largest absolute Gasteiger partial charge is 0.342 e. The third-order valence-electron chi connectivity index (χ3n) is 5.32. The second-order valence-corrected chi connectivity index (χ2v) is 8.36. The molecule has 3 aromatic carbocycles. The van der Waals surface area contributed by atoms with Crippen LogP contribution in [0.4, 0.5) is 0 Å². The number of rotatable bonds is 4. The Morgan fingerprint density at radius 2 is 1.84 bits per heavy atom. The molecule has 0 aliphatic rings. The monoisotopic (exact) mass is 445 g/mol. The predicted molar refractivity (Wildman–Crippen MR) is 124 cm³/mol. The molecule has 152 valence electrons. The van der Waals surface area contributed by atoms with E-state index < -0.39 is 0 Å². The molecule has 0 spiro atoms. The zero-order valence-electron chi connectivity index (χ0n) is 16.7. The van der Waals surface area contributed by atoms with Crippen molar-refractivity contribution < 1.29 is 0 Å². The van der Waals surface area contributed by atoms with E-state index in [-0.39, 0.29) is 0 Å². The summed E-state index contributed by atoms with van der Waals surface area (Å²) >= 11 is 12.7. The number of nitriles is 1. The Hall–Kier alpha value is -3.33. The van der Waals surface area contributed by atoms with Gasteiger partial charge in [0.15, 0.2) is 0 Å². The third kappa shape index (κ3) is 3.76. The average Bonchev–Trinajstić information content (AvgIpc) is 3.29. The molecule has 0 unspecified atom stereocenters. The summed E-state index contributed by atoms with van der Waals surface area (Å²) in [5.41, 5.74) is 6.28. The number of imidazole rings is 2. The van der Waals surface area contributed by atoms with E-state index in [0.29, 0.717) is 28.6 Å². The zero-order chi connectivity index (χ0) is 21.5. The van der Waals surface area contributed by atoms with Gasteiger partial charge in [-0.25, -0.2) is 9.97 Å². The number of halogens is 2. The summed E-state index contributed by atoms with van der Waals surface area (Å²) in [6.45, 7) is 2.45. The summed E-state index contributed by atoms with van der Waals surface area (Å²) in [7, 11) is 0. The molecular formula is C24H17Cl2N5. The highest BCUT2D eigenvalue weighted by Crippen LogP contribution is 2.26. The first kappa shape index (κ1) is 19.6. The van der Waals surface area contributed by atoms with Crippen molar-refractivity contribution in [1.82, 2.24) is 19.5 Å². The van der Waals surface area contributed by atoms with Crippen LogP contribution in [-0.2, 0) is 13.0 Å². The number of benzene rings is 3. The maximum atomic E-state index is 9.38. The molecular weight excluding hydrogens is 429 g/mol. The van der Waals surface area contributed by atoms with Crippen LogP contribution in [0.2, 0.25) is 10.0 Å². The van der Waals surface area contributed by atoms with Crippen LogP contribution in [0.25, 0.3) is 22.1 Å². The number of aromatic nitrogens is 4. The van der Waals surface area contributed by atoms with E-state index in [1.54, 1.807) is 18.2 Å². The molecule has 0 fully saturated rings. The van der Waals surface area contributed by atoms with Gasteiger partial charge >= 0.3 is 0 Å². The first-order valence-electron chi connectivity index (χ1n) is 9.78. The first-order chi connectivity index (χ1) is 15.0. The highest BCUT2D eigenvalue weighted by Gasteiger charge is 2.15. The van der Waals surface area contributed by atoms with Crippen LogP contribution >= 0.6 is 23.2 Å². The summed E-state index contributed by atoms with van der Waals surface area (Å²) in [5, 5.41) is 10.6. The summed E-state index contributed by atoms with van der Waals surface area (Å²) in [6.07, 6.45) is 0.628. The minimum Gasteiger partial charge on any atom is -0.342 e. The van der Waals surface area contributed by atoms with E-state index in [1.165, 1.54) is 0 Å². The van der Waals surface area contributed by atoms with Gasteiger partial charge in [0.05, 0.1) is 40.2 Å². The van der Waals surface area contributed by atoms with Crippen molar-refractivity contribution in [2.75, 3.05) is 0 Å². The lowest BCUT2D eigenvalue weighted by Gasteiger charge is -2.12. The standard InChI is InChI=1S/C24H17Cl2N5/c1-14-28-20-6-2-15(8-22(20)29-14)10-24-30-21-7-3-16(12-27)9-23(21)31(24)13-17-11-18(25)4-5-19(17)26/h2-9,11H,10,13H2,1H3,(H,28,29). The molecule has 0 bridgehead atoms. The Balaban J connectivity index is 1.62. The Morgan fingerprint density at radius 3 is 2.68 bits per heavy atom. The number of fused-ring (bicyclic) bond motifs is 2. The molecule has 0 saturated heterocycles. The van der Waals surface area contributed by atoms with Crippen LogP contribution in [0.1, 0.15) is 28.3 Å². The van der Waals surface area contributed by atoms with Crippen molar-refractivity contribution in [2.24, 2.45) is 0 Å². The summed E-state index contributed by atoms with van der Waals surface area (Å²) in [5.74, 6) is 1.77. The van der Waals surface area contributed by atoms with Crippen LogP contribution in [-0.4, -0.2) is 19.5 Å². The van der Waals surface area contributed by atoms with Gasteiger partial charge < -0.3 is 9.55 Å². The van der Waals surface area contributed by atoms with E-state index in [9.17, 15) is 5.26 Å². The SMILES string of the molecule is Cc1nc2ccc(Cc3nc4ccc(C#N)cc4n3Cc3cc(Cl)ccc3Cl)cc2[nH]1. The van der Waals surface area contributed by atoms with Crippen molar-refractivity contribution in [1.29, 1.82) is 5.26 Å². The van der Waals surface area contributed by atoms with Crippen LogP contribution in [0.3, 0.4) is 0 Å². The van der Waals surface area contributed by atoms with Gasteiger partial charge in [-0.15, -0.1) is 0 Å². The fraction of sp³-hybridized carbons (Fsp3) is 0.125. The molecule has 0 aliphatic carbocycles. The number of H-pyrrole nitrogens is 1. The molecule has 0 atom stereocenters. The van der Waals surface area contributed by atoms with Gasteiger partial charge in [-0.3, -0.25) is 0 Å². The molecule has 5 nitrogen and oxygen atoms in total. The van der Waals surface area contributed by atoms with Gasteiger partial charge in [-0.1, -0.05) is 29.3 Å². The fourth-order valence-corrected chi connectivity index (χ4v) is 4.24. The smallest absolute Gasteiger partial charge is 0.114 e. The molecule has 0 aliphatic heterocycles. The summed E-state index contributed by atoms with van der Waals surface area (Å²) in [4.78, 5) is 12.6. The van der Waals surface area contributed by atoms with Crippen molar-refractivity contribution in [3.63, 3.8) is 0 Å². The predicted octanol–water partition coefficient (Wildman–Crippen LogP) is 6.04. The number of hydrogen-bond donors (Lipinski definition) is 1. The van der Waals surface area contributed by atoms with E-state index in [0.717, 1.165) is 44.8 Å². The zero-order valence-corrected chi connectivity index (χ0v) is 18.2. The van der Waals surface area contributed by atoms with Gasteiger partial charge in [-0.2, -0.15) is 5.26 Å². The molecule has 0 amide bonds. The van der Waals surface area contributed by atoms with Gasteiger partial charge in [0, 0.05) is 16.5 Å². The van der Waals surface area contributed by atoms with Crippen LogP contribution in [0.5, 0.6) is 0 Å². The van der Waals surface area contributed by atoms with Crippen molar-refractivity contribution in [2.45, 2.75) is 19.9 Å². The molecule has 0 saturated carbocycles. The second kappa shape index (κ2) is 7.73. The topological polar surface area (TPSA) is 70.3 Å². The highest BCUT2D eigenvalue weighted by molar-refractivity contribution is 6.33. The lowest BCUT2D eigenvalue weighted by molar-refractivity contribution is 0.763. The lowest BCUT2D eigenvalue weighted by Crippen LogP contribution is -2.06. The quantitative estimate of drug-likeness (QED) is 0.366. The molecule has 7 heteroatoms. The van der Waals surface area contributed by atoms with E-state index in [1.807, 2.05) is 31.2 Å².